The van der Waals surface area contributed by atoms with Crippen LogP contribution in [-0.4, -0.2) is 40.7 Å². The first-order chi connectivity index (χ1) is 9.20. The number of aromatic nitrogens is 3. The molecule has 1 N–H and O–H groups in total. The highest BCUT2D eigenvalue weighted by molar-refractivity contribution is 5.92. The third kappa shape index (κ3) is 3.38. The molecule has 0 bridgehead atoms. The van der Waals surface area contributed by atoms with Crippen LogP contribution in [0.2, 0.25) is 0 Å². The van der Waals surface area contributed by atoms with E-state index >= 15 is 0 Å². The van der Waals surface area contributed by atoms with Gasteiger partial charge in [-0.2, -0.15) is 9.90 Å². The molecule has 2 rings (SSSR count). The first-order valence-corrected chi connectivity index (χ1v) is 5.98. The fourth-order valence-corrected chi connectivity index (χ4v) is 1.64. The molecule has 6 nitrogen and oxygen atoms in total. The van der Waals surface area contributed by atoms with Crippen molar-refractivity contribution in [2.45, 2.75) is 13.0 Å². The molecule has 1 heterocycles. The SMILES string of the molecule is COCC(C)NC(=O)c1cnn(-c2ccccc2)n1. The van der Waals surface area contributed by atoms with Crippen molar-refractivity contribution in [3.05, 3.63) is 42.2 Å². The standard InChI is InChI=1S/C13H16N4O2/c1-10(9-19-2)15-13(18)12-8-14-17(16-12)11-6-4-3-5-7-11/h3-8,10H,9H2,1-2H3,(H,15,18). The summed E-state index contributed by atoms with van der Waals surface area (Å²) < 4.78 is 4.96. The molecule has 1 aromatic carbocycles. The Morgan fingerprint density at radius 2 is 2.16 bits per heavy atom. The molecule has 0 radical (unpaired) electrons. The minimum atomic E-state index is -0.258. The number of rotatable bonds is 5. The first kappa shape index (κ1) is 13.2. The number of hydrogen-bond donors (Lipinski definition) is 1. The Hall–Kier alpha value is -2.21. The maximum atomic E-state index is 11.9. The summed E-state index contributed by atoms with van der Waals surface area (Å²) in [4.78, 5) is 13.3. The number of nitrogens with zero attached hydrogens (tertiary/aromatic N) is 3. The number of nitrogens with one attached hydrogen (secondary N) is 1. The van der Waals surface area contributed by atoms with Gasteiger partial charge in [0.2, 0.25) is 0 Å². The van der Waals surface area contributed by atoms with Gasteiger partial charge in [-0.25, -0.2) is 0 Å². The van der Waals surface area contributed by atoms with Crippen LogP contribution >= 0.6 is 0 Å². The summed E-state index contributed by atoms with van der Waals surface area (Å²) in [5.41, 5.74) is 1.10. The molecule has 1 atom stereocenters. The fraction of sp³-hybridized carbons (Fsp3) is 0.308. The van der Waals surface area contributed by atoms with Crippen LogP contribution in [0.4, 0.5) is 0 Å². The molecule has 1 aromatic heterocycles. The number of benzene rings is 1. The Labute approximate surface area is 111 Å². The molecular formula is C13H16N4O2. The molecule has 6 heteroatoms. The Morgan fingerprint density at radius 1 is 1.42 bits per heavy atom. The summed E-state index contributed by atoms with van der Waals surface area (Å²) >= 11 is 0. The minimum Gasteiger partial charge on any atom is -0.383 e. The van der Waals surface area contributed by atoms with Gasteiger partial charge in [0.05, 0.1) is 18.5 Å². The minimum absolute atomic E-state index is 0.0700. The lowest BCUT2D eigenvalue weighted by Gasteiger charge is -2.10. The van der Waals surface area contributed by atoms with E-state index in [9.17, 15) is 4.79 Å². The maximum Gasteiger partial charge on any atom is 0.273 e. The summed E-state index contributed by atoms with van der Waals surface area (Å²) in [6.07, 6.45) is 1.45. The zero-order valence-electron chi connectivity index (χ0n) is 10.9. The number of carbonyl (C=O) groups excluding carboxylic acids is 1. The zero-order valence-corrected chi connectivity index (χ0v) is 10.9. The van der Waals surface area contributed by atoms with Gasteiger partial charge in [-0.1, -0.05) is 18.2 Å². The molecule has 1 amide bonds. The summed E-state index contributed by atoms with van der Waals surface area (Å²) in [5, 5.41) is 11.0. The van der Waals surface area contributed by atoms with Crippen molar-refractivity contribution in [2.75, 3.05) is 13.7 Å². The number of ether oxygens (including phenoxy) is 1. The number of hydrogen-bond acceptors (Lipinski definition) is 4. The summed E-state index contributed by atoms with van der Waals surface area (Å²) in [6.45, 7) is 2.32. The van der Waals surface area contributed by atoms with E-state index in [1.165, 1.54) is 11.0 Å². The van der Waals surface area contributed by atoms with Gasteiger partial charge in [0.15, 0.2) is 5.69 Å². The third-order valence-corrected chi connectivity index (χ3v) is 2.51. The topological polar surface area (TPSA) is 69.0 Å². The Kier molecular flexibility index (Phi) is 4.25. The van der Waals surface area contributed by atoms with Crippen LogP contribution in [0.3, 0.4) is 0 Å². The lowest BCUT2D eigenvalue weighted by Crippen LogP contribution is -2.35. The molecule has 1 unspecified atom stereocenters. The Bertz CT molecular complexity index is 539. The molecule has 0 saturated carbocycles. The van der Waals surface area contributed by atoms with Crippen molar-refractivity contribution in [3.63, 3.8) is 0 Å². The molecule has 0 aliphatic rings. The molecule has 0 aliphatic carbocycles. The van der Waals surface area contributed by atoms with Crippen molar-refractivity contribution in [1.82, 2.24) is 20.3 Å². The lowest BCUT2D eigenvalue weighted by atomic mass is 10.3. The third-order valence-electron chi connectivity index (χ3n) is 2.51. The van der Waals surface area contributed by atoms with Gasteiger partial charge in [0.1, 0.15) is 0 Å². The molecule has 0 fully saturated rings. The summed E-state index contributed by atoms with van der Waals surface area (Å²) in [5.74, 6) is -0.258. The van der Waals surface area contributed by atoms with Crippen molar-refractivity contribution in [3.8, 4) is 5.69 Å². The summed E-state index contributed by atoms with van der Waals surface area (Å²) in [7, 11) is 1.59. The fourth-order valence-electron chi connectivity index (χ4n) is 1.64. The second-order valence-electron chi connectivity index (χ2n) is 4.18. The van der Waals surface area contributed by atoms with E-state index < -0.39 is 0 Å². The number of para-hydroxylation sites is 1. The van der Waals surface area contributed by atoms with Crippen LogP contribution in [0.5, 0.6) is 0 Å². The van der Waals surface area contributed by atoms with E-state index in [1.54, 1.807) is 7.11 Å². The maximum absolute atomic E-state index is 11.9. The monoisotopic (exact) mass is 260 g/mol. The van der Waals surface area contributed by atoms with Crippen LogP contribution in [0, 0.1) is 0 Å². The van der Waals surface area contributed by atoms with E-state index in [-0.39, 0.29) is 17.6 Å². The smallest absolute Gasteiger partial charge is 0.273 e. The van der Waals surface area contributed by atoms with Gasteiger partial charge in [0, 0.05) is 13.2 Å². The molecule has 0 saturated heterocycles. The van der Waals surface area contributed by atoms with Gasteiger partial charge < -0.3 is 10.1 Å². The van der Waals surface area contributed by atoms with Gasteiger partial charge in [-0.05, 0) is 19.1 Å². The van der Waals surface area contributed by atoms with Crippen LogP contribution in [-0.2, 0) is 4.74 Å². The summed E-state index contributed by atoms with van der Waals surface area (Å²) in [6, 6.07) is 9.36. The van der Waals surface area contributed by atoms with Gasteiger partial charge >= 0.3 is 0 Å². The molecule has 100 valence electrons. The van der Waals surface area contributed by atoms with Crippen LogP contribution in [0.25, 0.3) is 5.69 Å². The highest BCUT2D eigenvalue weighted by Gasteiger charge is 2.13. The Balaban J connectivity index is 2.07. The van der Waals surface area contributed by atoms with Crippen molar-refractivity contribution < 1.29 is 9.53 Å². The lowest BCUT2D eigenvalue weighted by molar-refractivity contribution is 0.0900. The highest BCUT2D eigenvalue weighted by Crippen LogP contribution is 2.04. The number of amides is 1. The average molecular weight is 260 g/mol. The van der Waals surface area contributed by atoms with Crippen LogP contribution in [0.1, 0.15) is 17.4 Å². The number of carbonyl (C=O) groups is 1. The van der Waals surface area contributed by atoms with Crippen LogP contribution in [0.15, 0.2) is 36.5 Å². The van der Waals surface area contributed by atoms with Gasteiger partial charge in [-0.15, -0.1) is 5.10 Å². The molecule has 0 spiro atoms. The normalized spacial score (nSPS) is 12.1. The van der Waals surface area contributed by atoms with Crippen molar-refractivity contribution >= 4 is 5.91 Å². The zero-order chi connectivity index (χ0) is 13.7. The molecule has 19 heavy (non-hydrogen) atoms. The largest absolute Gasteiger partial charge is 0.383 e. The van der Waals surface area contributed by atoms with E-state index in [0.29, 0.717) is 6.61 Å². The quantitative estimate of drug-likeness (QED) is 0.871. The van der Waals surface area contributed by atoms with E-state index in [2.05, 4.69) is 15.5 Å². The number of methoxy groups -OCH3 is 1. The van der Waals surface area contributed by atoms with E-state index in [0.717, 1.165) is 5.69 Å². The Morgan fingerprint density at radius 3 is 2.84 bits per heavy atom. The highest BCUT2D eigenvalue weighted by atomic mass is 16.5. The van der Waals surface area contributed by atoms with Crippen LogP contribution < -0.4 is 5.32 Å². The second kappa shape index (κ2) is 6.10. The predicted octanol–water partition coefficient (Wildman–Crippen LogP) is 1.03. The molecule has 2 aromatic rings. The van der Waals surface area contributed by atoms with E-state index in [1.807, 2.05) is 37.3 Å². The van der Waals surface area contributed by atoms with Gasteiger partial charge in [-0.3, -0.25) is 4.79 Å². The molecule has 0 aliphatic heterocycles. The first-order valence-electron chi connectivity index (χ1n) is 5.98. The second-order valence-corrected chi connectivity index (χ2v) is 4.18. The predicted molar refractivity (Wildman–Crippen MR) is 70.2 cm³/mol. The van der Waals surface area contributed by atoms with E-state index in [4.69, 9.17) is 4.74 Å². The van der Waals surface area contributed by atoms with Gasteiger partial charge in [0.25, 0.3) is 5.91 Å². The average Bonchev–Trinajstić information content (AvgIpc) is 2.89. The van der Waals surface area contributed by atoms with Crippen molar-refractivity contribution in [2.24, 2.45) is 0 Å². The van der Waals surface area contributed by atoms with Crippen molar-refractivity contribution in [1.29, 1.82) is 0 Å². The molecular weight excluding hydrogens is 244 g/mol.